The van der Waals surface area contributed by atoms with Crippen molar-refractivity contribution in [3.05, 3.63) is 29.7 Å². The summed E-state index contributed by atoms with van der Waals surface area (Å²) in [5, 5.41) is 11.8. The average molecular weight is 348 g/mol. The number of carbonyl (C=O) groups is 1. The largest absolute Gasteiger partial charge is 0.366 e. The van der Waals surface area contributed by atoms with Gasteiger partial charge in [-0.25, -0.2) is 14.9 Å². The lowest BCUT2D eigenvalue weighted by Crippen LogP contribution is -2.36. The van der Waals surface area contributed by atoms with Crippen LogP contribution in [0.5, 0.6) is 0 Å². The molecule has 1 saturated heterocycles. The summed E-state index contributed by atoms with van der Waals surface area (Å²) in [7, 11) is 0. The molecule has 3 rings (SSSR count). The number of nitrogens with one attached hydrogen (secondary N) is 2. The van der Waals surface area contributed by atoms with Gasteiger partial charge in [0, 0.05) is 31.4 Å². The van der Waals surface area contributed by atoms with Crippen LogP contribution < -0.4 is 10.8 Å². The molecule has 1 atom stereocenters. The lowest BCUT2D eigenvalue weighted by molar-refractivity contribution is -0.126. The van der Waals surface area contributed by atoms with Crippen molar-refractivity contribution in [2.75, 3.05) is 18.4 Å². The van der Waals surface area contributed by atoms with Gasteiger partial charge in [0.05, 0.1) is 0 Å². The molecule has 3 N–H and O–H groups in total. The standard InChI is InChI=1S/C18H25FN4O2/c19-16(18(24)22-25)10-13-6-7-17(20-11-13)21-14-8-9-23(12-14)15-4-2-1-3-5-15/h6-7,10-11,14-15,25H,1-5,8-9,12H2,(H,20,21)(H,22,24)/b16-10+/t14-/m1/s1. The number of halogens is 1. The zero-order valence-corrected chi connectivity index (χ0v) is 14.2. The third-order valence-electron chi connectivity index (χ3n) is 5.06. The summed E-state index contributed by atoms with van der Waals surface area (Å²) in [6, 6.07) is 4.58. The molecule has 1 amide bonds. The summed E-state index contributed by atoms with van der Waals surface area (Å²) < 4.78 is 13.4. The molecular weight excluding hydrogens is 323 g/mol. The molecule has 6 nitrogen and oxygen atoms in total. The topological polar surface area (TPSA) is 77.5 Å². The summed E-state index contributed by atoms with van der Waals surface area (Å²) in [5.74, 6) is -1.49. The van der Waals surface area contributed by atoms with E-state index in [1.54, 1.807) is 12.1 Å². The Bertz CT molecular complexity index is 614. The molecule has 136 valence electrons. The van der Waals surface area contributed by atoms with Crippen molar-refractivity contribution in [2.24, 2.45) is 0 Å². The zero-order valence-electron chi connectivity index (χ0n) is 14.2. The number of nitrogens with zero attached hydrogens (tertiary/aromatic N) is 2. The minimum Gasteiger partial charge on any atom is -0.366 e. The van der Waals surface area contributed by atoms with Crippen LogP contribution >= 0.6 is 0 Å². The smallest absolute Gasteiger partial charge is 0.303 e. The first-order valence-corrected chi connectivity index (χ1v) is 8.94. The van der Waals surface area contributed by atoms with Crippen LogP contribution in [0.1, 0.15) is 44.1 Å². The van der Waals surface area contributed by atoms with Crippen LogP contribution in [-0.4, -0.2) is 46.2 Å². The fourth-order valence-electron chi connectivity index (χ4n) is 3.73. The summed E-state index contributed by atoms with van der Waals surface area (Å²) in [6.07, 6.45) is 10.3. The van der Waals surface area contributed by atoms with Crippen molar-refractivity contribution in [3.8, 4) is 0 Å². The molecule has 0 radical (unpaired) electrons. The van der Waals surface area contributed by atoms with Gasteiger partial charge in [0.15, 0.2) is 5.83 Å². The van der Waals surface area contributed by atoms with E-state index in [4.69, 9.17) is 5.21 Å². The second kappa shape index (κ2) is 8.40. The first kappa shape index (κ1) is 17.8. The van der Waals surface area contributed by atoms with Crippen LogP contribution in [-0.2, 0) is 4.79 Å². The molecule has 25 heavy (non-hydrogen) atoms. The minimum atomic E-state index is -1.17. The number of pyridine rings is 1. The van der Waals surface area contributed by atoms with Gasteiger partial charge >= 0.3 is 5.91 Å². The molecule has 1 aromatic heterocycles. The Hall–Kier alpha value is -1.99. The summed E-state index contributed by atoms with van der Waals surface area (Å²) in [6.45, 7) is 2.17. The third-order valence-corrected chi connectivity index (χ3v) is 5.06. The Balaban J connectivity index is 1.53. The molecule has 1 saturated carbocycles. The highest BCUT2D eigenvalue weighted by atomic mass is 19.1. The van der Waals surface area contributed by atoms with Crippen LogP contribution in [0.25, 0.3) is 6.08 Å². The summed E-state index contributed by atoms with van der Waals surface area (Å²) in [5.41, 5.74) is 1.72. The van der Waals surface area contributed by atoms with Crippen LogP contribution in [0, 0.1) is 0 Å². The fourth-order valence-corrected chi connectivity index (χ4v) is 3.73. The van der Waals surface area contributed by atoms with Crippen molar-refractivity contribution in [1.29, 1.82) is 0 Å². The fraction of sp³-hybridized carbons (Fsp3) is 0.556. The van der Waals surface area contributed by atoms with E-state index in [0.717, 1.165) is 37.4 Å². The number of amides is 1. The van der Waals surface area contributed by atoms with Crippen molar-refractivity contribution in [2.45, 2.75) is 50.6 Å². The molecule has 0 aromatic carbocycles. The third kappa shape index (κ3) is 4.76. The Morgan fingerprint density at radius 1 is 1.28 bits per heavy atom. The molecular formula is C18H25FN4O2. The SMILES string of the molecule is O=C(NO)/C(F)=C\c1ccc(N[C@@H]2CCN(C3CCCCC3)C2)nc1. The Morgan fingerprint density at radius 2 is 2.08 bits per heavy atom. The van der Waals surface area contributed by atoms with Crippen molar-refractivity contribution >= 4 is 17.8 Å². The Labute approximate surface area is 147 Å². The quantitative estimate of drug-likeness (QED) is 0.433. The summed E-state index contributed by atoms with van der Waals surface area (Å²) in [4.78, 5) is 17.8. The van der Waals surface area contributed by atoms with E-state index in [-0.39, 0.29) is 0 Å². The second-order valence-electron chi connectivity index (χ2n) is 6.83. The highest BCUT2D eigenvalue weighted by Crippen LogP contribution is 2.26. The molecule has 2 fully saturated rings. The number of likely N-dealkylation sites (tertiary alicyclic amines) is 1. The molecule has 0 unspecified atom stereocenters. The molecule has 1 aliphatic carbocycles. The molecule has 2 heterocycles. The van der Waals surface area contributed by atoms with Crippen LogP contribution in [0.3, 0.4) is 0 Å². The molecule has 7 heteroatoms. The molecule has 1 aliphatic heterocycles. The molecule has 2 aliphatic rings. The van der Waals surface area contributed by atoms with Gasteiger partial charge in [-0.1, -0.05) is 19.3 Å². The van der Waals surface area contributed by atoms with Crippen molar-refractivity contribution in [3.63, 3.8) is 0 Å². The van der Waals surface area contributed by atoms with Crippen LogP contribution in [0.15, 0.2) is 24.2 Å². The number of anilines is 1. The van der Waals surface area contributed by atoms with Gasteiger partial charge in [-0.2, -0.15) is 0 Å². The van der Waals surface area contributed by atoms with E-state index in [9.17, 15) is 9.18 Å². The number of aromatic nitrogens is 1. The number of hydroxylamine groups is 1. The van der Waals surface area contributed by atoms with E-state index >= 15 is 0 Å². The predicted octanol–water partition coefficient (Wildman–Crippen LogP) is 2.72. The minimum absolute atomic E-state index is 0.382. The van der Waals surface area contributed by atoms with Crippen molar-refractivity contribution < 1.29 is 14.4 Å². The highest BCUT2D eigenvalue weighted by Gasteiger charge is 2.29. The highest BCUT2D eigenvalue weighted by molar-refractivity contribution is 5.94. The summed E-state index contributed by atoms with van der Waals surface area (Å²) >= 11 is 0. The first-order valence-electron chi connectivity index (χ1n) is 8.94. The normalized spacial score (nSPS) is 22.8. The maximum absolute atomic E-state index is 13.4. The van der Waals surface area contributed by atoms with Gasteiger partial charge in [-0.05, 0) is 43.0 Å². The molecule has 0 bridgehead atoms. The Morgan fingerprint density at radius 3 is 2.76 bits per heavy atom. The van der Waals surface area contributed by atoms with Gasteiger partial charge in [-0.15, -0.1) is 0 Å². The molecule has 0 spiro atoms. The monoisotopic (exact) mass is 348 g/mol. The van der Waals surface area contributed by atoms with E-state index < -0.39 is 11.7 Å². The van der Waals surface area contributed by atoms with E-state index in [2.05, 4.69) is 15.2 Å². The van der Waals surface area contributed by atoms with Gasteiger partial charge in [0.1, 0.15) is 5.82 Å². The van der Waals surface area contributed by atoms with E-state index in [1.807, 2.05) is 0 Å². The maximum Gasteiger partial charge on any atom is 0.303 e. The van der Waals surface area contributed by atoms with Gasteiger partial charge in [-0.3, -0.25) is 14.9 Å². The average Bonchev–Trinajstić information content (AvgIpc) is 3.12. The Kier molecular flexibility index (Phi) is 5.99. The van der Waals surface area contributed by atoms with Crippen LogP contribution in [0.4, 0.5) is 10.2 Å². The lowest BCUT2D eigenvalue weighted by Gasteiger charge is -2.31. The predicted molar refractivity (Wildman–Crippen MR) is 93.7 cm³/mol. The first-order chi connectivity index (χ1) is 12.2. The molecule has 1 aromatic rings. The number of carbonyl (C=O) groups excluding carboxylic acids is 1. The van der Waals surface area contributed by atoms with Gasteiger partial charge < -0.3 is 5.32 Å². The van der Waals surface area contributed by atoms with Crippen LogP contribution in [0.2, 0.25) is 0 Å². The van der Waals surface area contributed by atoms with Gasteiger partial charge in [0.2, 0.25) is 0 Å². The van der Waals surface area contributed by atoms with Crippen molar-refractivity contribution in [1.82, 2.24) is 15.4 Å². The number of hydrogen-bond donors (Lipinski definition) is 3. The lowest BCUT2D eigenvalue weighted by atomic mass is 9.94. The van der Waals surface area contributed by atoms with E-state index in [0.29, 0.717) is 11.6 Å². The number of rotatable bonds is 5. The van der Waals surface area contributed by atoms with E-state index in [1.165, 1.54) is 43.8 Å². The number of hydrogen-bond acceptors (Lipinski definition) is 5. The second-order valence-corrected chi connectivity index (χ2v) is 6.83. The maximum atomic E-state index is 13.4. The van der Waals surface area contributed by atoms with Gasteiger partial charge in [0.25, 0.3) is 0 Å². The zero-order chi connectivity index (χ0) is 17.6.